The molecule has 0 radical (unpaired) electrons. The van der Waals surface area contributed by atoms with E-state index >= 15 is 0 Å². The molecule has 1 saturated heterocycles. The third-order valence-electron chi connectivity index (χ3n) is 4.11. The van der Waals surface area contributed by atoms with Crippen molar-refractivity contribution in [3.63, 3.8) is 0 Å². The Morgan fingerprint density at radius 1 is 1.19 bits per heavy atom. The summed E-state index contributed by atoms with van der Waals surface area (Å²) >= 11 is 0. The summed E-state index contributed by atoms with van der Waals surface area (Å²) in [6.07, 6.45) is 6.67. The maximum Gasteiger partial charge on any atom is 0.124 e. The molecule has 4 rings (SSSR count). The van der Waals surface area contributed by atoms with Gasteiger partial charge in [-0.05, 0) is 37.1 Å². The molecule has 0 amide bonds. The number of aromatic nitrogens is 2. The van der Waals surface area contributed by atoms with Crippen molar-refractivity contribution in [2.75, 3.05) is 13.1 Å². The van der Waals surface area contributed by atoms with E-state index < -0.39 is 0 Å². The summed E-state index contributed by atoms with van der Waals surface area (Å²) in [7, 11) is 0. The SMILES string of the molecule is Fc1ccc(OC2CN(Cc3cncn3C3CC3)C2)cc1. The van der Waals surface area contributed by atoms with Crippen LogP contribution in [0.25, 0.3) is 0 Å². The average Bonchev–Trinajstić information content (AvgIpc) is 3.18. The monoisotopic (exact) mass is 287 g/mol. The van der Waals surface area contributed by atoms with Gasteiger partial charge in [0, 0.05) is 31.9 Å². The molecule has 2 heterocycles. The number of rotatable bonds is 5. The zero-order valence-electron chi connectivity index (χ0n) is 11.8. The van der Waals surface area contributed by atoms with Crippen molar-refractivity contribution in [2.24, 2.45) is 0 Å². The lowest BCUT2D eigenvalue weighted by Gasteiger charge is -2.39. The highest BCUT2D eigenvalue weighted by Gasteiger charge is 2.31. The van der Waals surface area contributed by atoms with Crippen LogP contribution in [-0.2, 0) is 6.54 Å². The van der Waals surface area contributed by atoms with Gasteiger partial charge in [0.2, 0.25) is 0 Å². The Kier molecular flexibility index (Phi) is 3.15. The normalized spacial score (nSPS) is 19.5. The van der Waals surface area contributed by atoms with Crippen molar-refractivity contribution in [1.29, 1.82) is 0 Å². The Bertz CT molecular complexity index is 615. The first-order valence-corrected chi connectivity index (χ1v) is 7.43. The van der Waals surface area contributed by atoms with Crippen LogP contribution in [0.1, 0.15) is 24.6 Å². The number of hydrogen-bond acceptors (Lipinski definition) is 3. The van der Waals surface area contributed by atoms with Gasteiger partial charge >= 0.3 is 0 Å². The Morgan fingerprint density at radius 2 is 1.95 bits per heavy atom. The molecule has 0 spiro atoms. The van der Waals surface area contributed by atoms with E-state index in [1.165, 1.54) is 30.7 Å². The van der Waals surface area contributed by atoms with Crippen LogP contribution >= 0.6 is 0 Å². The topological polar surface area (TPSA) is 30.3 Å². The number of benzene rings is 1. The van der Waals surface area contributed by atoms with Gasteiger partial charge in [-0.3, -0.25) is 4.90 Å². The van der Waals surface area contributed by atoms with Gasteiger partial charge in [0.05, 0.1) is 12.0 Å². The molecule has 2 fully saturated rings. The molecule has 1 aromatic heterocycles. The van der Waals surface area contributed by atoms with Crippen LogP contribution in [0.2, 0.25) is 0 Å². The number of nitrogens with zero attached hydrogens (tertiary/aromatic N) is 3. The van der Waals surface area contributed by atoms with Crippen LogP contribution in [0.15, 0.2) is 36.8 Å². The predicted octanol–water partition coefficient (Wildman–Crippen LogP) is 2.62. The van der Waals surface area contributed by atoms with Crippen LogP contribution in [0.3, 0.4) is 0 Å². The fraction of sp³-hybridized carbons (Fsp3) is 0.438. The standard InChI is InChI=1S/C16H18FN3O/c17-12-1-5-15(6-2-12)21-16-9-19(10-16)8-14-7-18-11-20(14)13-3-4-13/h1-2,5-7,11,13,16H,3-4,8-10H2. The summed E-state index contributed by atoms with van der Waals surface area (Å²) in [5.41, 5.74) is 1.29. The number of hydrogen-bond donors (Lipinski definition) is 0. The molecular weight excluding hydrogens is 269 g/mol. The lowest BCUT2D eigenvalue weighted by molar-refractivity contribution is 0.0131. The van der Waals surface area contributed by atoms with Gasteiger partial charge in [0.15, 0.2) is 0 Å². The lowest BCUT2D eigenvalue weighted by atomic mass is 10.1. The average molecular weight is 287 g/mol. The van der Waals surface area contributed by atoms with Crippen molar-refractivity contribution in [3.05, 3.63) is 48.3 Å². The van der Waals surface area contributed by atoms with Crippen LogP contribution in [-0.4, -0.2) is 33.6 Å². The number of ether oxygens (including phenoxy) is 1. The second-order valence-corrected chi connectivity index (χ2v) is 5.91. The third-order valence-corrected chi connectivity index (χ3v) is 4.11. The van der Waals surface area contributed by atoms with E-state index in [0.29, 0.717) is 6.04 Å². The largest absolute Gasteiger partial charge is 0.488 e. The quantitative estimate of drug-likeness (QED) is 0.847. The van der Waals surface area contributed by atoms with E-state index in [2.05, 4.69) is 14.5 Å². The first kappa shape index (κ1) is 12.8. The minimum Gasteiger partial charge on any atom is -0.488 e. The Labute approximate surface area is 123 Å². The number of halogens is 1. The molecule has 0 N–H and O–H groups in total. The third kappa shape index (κ3) is 2.78. The molecule has 1 aliphatic heterocycles. The van der Waals surface area contributed by atoms with Gasteiger partial charge in [-0.1, -0.05) is 0 Å². The van der Waals surface area contributed by atoms with E-state index in [1.807, 2.05) is 12.5 Å². The van der Waals surface area contributed by atoms with Gasteiger partial charge in [-0.15, -0.1) is 0 Å². The molecule has 1 saturated carbocycles. The van der Waals surface area contributed by atoms with Crippen molar-refractivity contribution >= 4 is 0 Å². The molecule has 0 bridgehead atoms. The first-order chi connectivity index (χ1) is 10.3. The van der Waals surface area contributed by atoms with Crippen LogP contribution in [0.4, 0.5) is 4.39 Å². The summed E-state index contributed by atoms with van der Waals surface area (Å²) in [4.78, 5) is 6.61. The second-order valence-electron chi connectivity index (χ2n) is 5.91. The molecule has 5 heteroatoms. The Balaban J connectivity index is 1.29. The maximum absolute atomic E-state index is 12.8. The summed E-state index contributed by atoms with van der Waals surface area (Å²) < 4.78 is 20.9. The van der Waals surface area contributed by atoms with E-state index in [0.717, 1.165) is 25.4 Å². The smallest absolute Gasteiger partial charge is 0.124 e. The minimum absolute atomic E-state index is 0.202. The molecule has 110 valence electrons. The Morgan fingerprint density at radius 3 is 2.67 bits per heavy atom. The molecule has 0 atom stereocenters. The minimum atomic E-state index is -0.231. The summed E-state index contributed by atoms with van der Waals surface area (Å²) in [5.74, 6) is 0.509. The van der Waals surface area contributed by atoms with E-state index in [9.17, 15) is 4.39 Å². The predicted molar refractivity (Wildman–Crippen MR) is 76.6 cm³/mol. The van der Waals surface area contributed by atoms with Gasteiger partial charge in [-0.25, -0.2) is 9.37 Å². The molecule has 21 heavy (non-hydrogen) atoms. The van der Waals surface area contributed by atoms with Crippen molar-refractivity contribution in [3.8, 4) is 5.75 Å². The fourth-order valence-electron chi connectivity index (χ4n) is 2.80. The van der Waals surface area contributed by atoms with Crippen LogP contribution < -0.4 is 4.74 Å². The molecule has 1 aromatic carbocycles. The molecule has 2 aliphatic rings. The zero-order chi connectivity index (χ0) is 14.2. The Hall–Kier alpha value is -1.88. The fourth-order valence-corrected chi connectivity index (χ4v) is 2.80. The highest BCUT2D eigenvalue weighted by molar-refractivity contribution is 5.22. The van der Waals surface area contributed by atoms with Gasteiger partial charge < -0.3 is 9.30 Å². The van der Waals surface area contributed by atoms with Gasteiger partial charge in [0.1, 0.15) is 17.7 Å². The van der Waals surface area contributed by atoms with Crippen molar-refractivity contribution in [1.82, 2.24) is 14.5 Å². The second kappa shape index (κ2) is 5.15. The van der Waals surface area contributed by atoms with Crippen LogP contribution in [0.5, 0.6) is 5.75 Å². The highest BCUT2D eigenvalue weighted by atomic mass is 19.1. The maximum atomic E-state index is 12.8. The van der Waals surface area contributed by atoms with Crippen LogP contribution in [0, 0.1) is 5.82 Å². The van der Waals surface area contributed by atoms with Gasteiger partial charge in [0.25, 0.3) is 0 Å². The molecule has 4 nitrogen and oxygen atoms in total. The summed E-state index contributed by atoms with van der Waals surface area (Å²) in [5, 5.41) is 0. The van der Waals surface area contributed by atoms with Gasteiger partial charge in [-0.2, -0.15) is 0 Å². The zero-order valence-corrected chi connectivity index (χ0v) is 11.8. The van der Waals surface area contributed by atoms with E-state index in [-0.39, 0.29) is 11.9 Å². The summed E-state index contributed by atoms with van der Waals surface area (Å²) in [6, 6.07) is 6.90. The number of imidazole rings is 1. The molecule has 2 aromatic rings. The molecule has 1 aliphatic carbocycles. The van der Waals surface area contributed by atoms with Crippen molar-refractivity contribution in [2.45, 2.75) is 31.5 Å². The van der Waals surface area contributed by atoms with Crippen molar-refractivity contribution < 1.29 is 9.13 Å². The lowest BCUT2D eigenvalue weighted by Crippen LogP contribution is -2.53. The number of likely N-dealkylation sites (tertiary alicyclic amines) is 1. The molecule has 0 unspecified atom stereocenters. The van der Waals surface area contributed by atoms with E-state index in [1.54, 1.807) is 12.1 Å². The van der Waals surface area contributed by atoms with E-state index in [4.69, 9.17) is 4.74 Å². The molecular formula is C16H18FN3O. The summed E-state index contributed by atoms with van der Waals surface area (Å²) in [6.45, 7) is 2.75. The first-order valence-electron chi connectivity index (χ1n) is 7.43. The highest BCUT2D eigenvalue weighted by Crippen LogP contribution is 2.36.